The smallest absolute Gasteiger partial charge is 0.191 e. The highest BCUT2D eigenvalue weighted by Crippen LogP contribution is 2.36. The van der Waals surface area contributed by atoms with Gasteiger partial charge in [0, 0.05) is 12.7 Å². The third kappa shape index (κ3) is 5.08. The molecule has 3 rings (SSSR count). The SMILES string of the molecule is CCNC(=NCc1cc(Cl)c(OCC)c(OC)c1)NCc1nnc2ccccn12. The van der Waals surface area contributed by atoms with Crippen LogP contribution in [0.25, 0.3) is 5.65 Å². The van der Waals surface area contributed by atoms with Crippen molar-refractivity contribution in [3.8, 4) is 11.5 Å². The zero-order valence-electron chi connectivity index (χ0n) is 16.8. The molecule has 1 aromatic carbocycles. The fraction of sp³-hybridized carbons (Fsp3) is 0.350. The van der Waals surface area contributed by atoms with Crippen LogP contribution in [0.1, 0.15) is 25.2 Å². The van der Waals surface area contributed by atoms with Crippen LogP contribution in [0.2, 0.25) is 5.02 Å². The van der Waals surface area contributed by atoms with Gasteiger partial charge in [-0.1, -0.05) is 17.7 Å². The molecule has 3 aromatic rings. The topological polar surface area (TPSA) is 85.1 Å². The number of benzene rings is 1. The zero-order chi connectivity index (χ0) is 20.6. The maximum absolute atomic E-state index is 6.35. The summed E-state index contributed by atoms with van der Waals surface area (Å²) in [7, 11) is 1.59. The summed E-state index contributed by atoms with van der Waals surface area (Å²) in [4.78, 5) is 4.64. The van der Waals surface area contributed by atoms with Gasteiger partial charge in [0.2, 0.25) is 0 Å². The summed E-state index contributed by atoms with van der Waals surface area (Å²) in [5, 5.41) is 15.4. The Bertz CT molecular complexity index is 988. The average Bonchev–Trinajstić information content (AvgIpc) is 3.15. The molecule has 0 aliphatic carbocycles. The lowest BCUT2D eigenvalue weighted by Gasteiger charge is -2.13. The molecular weight excluding hydrogens is 392 g/mol. The van der Waals surface area contributed by atoms with Gasteiger partial charge in [0.05, 0.1) is 31.8 Å². The number of nitrogens with one attached hydrogen (secondary N) is 2. The summed E-state index contributed by atoms with van der Waals surface area (Å²) in [6, 6.07) is 9.52. The Hall–Kier alpha value is -3.00. The first-order valence-corrected chi connectivity index (χ1v) is 9.84. The van der Waals surface area contributed by atoms with Crippen LogP contribution >= 0.6 is 11.6 Å². The number of pyridine rings is 1. The maximum Gasteiger partial charge on any atom is 0.191 e. The van der Waals surface area contributed by atoms with E-state index in [1.807, 2.05) is 54.8 Å². The largest absolute Gasteiger partial charge is 0.493 e. The fourth-order valence-electron chi connectivity index (χ4n) is 2.84. The predicted octanol–water partition coefficient (Wildman–Crippen LogP) is 3.05. The van der Waals surface area contributed by atoms with Crippen molar-refractivity contribution < 1.29 is 9.47 Å². The Labute approximate surface area is 174 Å². The second-order valence-electron chi connectivity index (χ2n) is 6.14. The Morgan fingerprint density at radius 3 is 2.83 bits per heavy atom. The number of ether oxygens (including phenoxy) is 2. The van der Waals surface area contributed by atoms with Crippen LogP contribution in [-0.2, 0) is 13.1 Å². The second kappa shape index (κ2) is 9.97. The van der Waals surface area contributed by atoms with E-state index in [0.29, 0.717) is 42.2 Å². The number of hydrogen-bond acceptors (Lipinski definition) is 5. The van der Waals surface area contributed by atoms with Gasteiger partial charge < -0.3 is 20.1 Å². The van der Waals surface area contributed by atoms with E-state index in [1.165, 1.54) is 0 Å². The highest BCUT2D eigenvalue weighted by Gasteiger charge is 2.12. The van der Waals surface area contributed by atoms with E-state index >= 15 is 0 Å². The molecule has 0 spiro atoms. The third-order valence-electron chi connectivity index (χ3n) is 4.14. The monoisotopic (exact) mass is 416 g/mol. The van der Waals surface area contributed by atoms with Crippen LogP contribution in [0.4, 0.5) is 0 Å². The van der Waals surface area contributed by atoms with Gasteiger partial charge >= 0.3 is 0 Å². The van der Waals surface area contributed by atoms with Gasteiger partial charge in [-0.05, 0) is 43.7 Å². The number of aliphatic imine (C=N–C) groups is 1. The molecule has 0 saturated carbocycles. The number of halogens is 1. The minimum Gasteiger partial charge on any atom is -0.493 e. The molecular formula is C20H25ClN6O2. The summed E-state index contributed by atoms with van der Waals surface area (Å²) in [5.74, 6) is 2.62. The van der Waals surface area contributed by atoms with Gasteiger partial charge in [0.15, 0.2) is 28.9 Å². The number of guanidine groups is 1. The lowest BCUT2D eigenvalue weighted by atomic mass is 10.2. The van der Waals surface area contributed by atoms with Crippen molar-refractivity contribution >= 4 is 23.2 Å². The summed E-state index contributed by atoms with van der Waals surface area (Å²) < 4.78 is 12.9. The van der Waals surface area contributed by atoms with Crippen molar-refractivity contribution in [1.29, 1.82) is 0 Å². The molecule has 29 heavy (non-hydrogen) atoms. The molecule has 0 unspecified atom stereocenters. The zero-order valence-corrected chi connectivity index (χ0v) is 17.5. The number of hydrogen-bond donors (Lipinski definition) is 2. The molecule has 154 valence electrons. The van der Waals surface area contributed by atoms with E-state index in [9.17, 15) is 0 Å². The van der Waals surface area contributed by atoms with Crippen LogP contribution in [-0.4, -0.2) is 40.8 Å². The molecule has 2 aromatic heterocycles. The lowest BCUT2D eigenvalue weighted by molar-refractivity contribution is 0.311. The molecule has 0 bridgehead atoms. The van der Waals surface area contributed by atoms with Crippen molar-refractivity contribution in [1.82, 2.24) is 25.2 Å². The Morgan fingerprint density at radius 1 is 1.21 bits per heavy atom. The van der Waals surface area contributed by atoms with Crippen molar-refractivity contribution in [3.63, 3.8) is 0 Å². The second-order valence-corrected chi connectivity index (χ2v) is 6.54. The Kier molecular flexibility index (Phi) is 7.13. The summed E-state index contributed by atoms with van der Waals surface area (Å²) in [6.45, 7) is 6.09. The van der Waals surface area contributed by atoms with Crippen LogP contribution < -0.4 is 20.1 Å². The molecule has 0 amide bonds. The molecule has 0 aliphatic rings. The number of nitrogens with zero attached hydrogens (tertiary/aromatic N) is 4. The van der Waals surface area contributed by atoms with Crippen LogP contribution in [0, 0.1) is 0 Å². The molecule has 0 aliphatic heterocycles. The standard InChI is InChI=1S/C20H25ClN6O2/c1-4-22-20(24-13-18-26-25-17-8-6-7-9-27(17)18)23-12-14-10-15(21)19(29-5-2)16(11-14)28-3/h6-11H,4-5,12-13H2,1-3H3,(H2,22,23,24). The Balaban J connectivity index is 1.73. The average molecular weight is 417 g/mol. The predicted molar refractivity (Wildman–Crippen MR) is 114 cm³/mol. The lowest BCUT2D eigenvalue weighted by Crippen LogP contribution is -2.37. The highest BCUT2D eigenvalue weighted by molar-refractivity contribution is 6.32. The number of methoxy groups -OCH3 is 1. The van der Waals surface area contributed by atoms with Crippen LogP contribution in [0.5, 0.6) is 11.5 Å². The Morgan fingerprint density at radius 2 is 2.07 bits per heavy atom. The quantitative estimate of drug-likeness (QED) is 0.433. The van der Waals surface area contributed by atoms with Gasteiger partial charge in [-0.15, -0.1) is 10.2 Å². The summed E-state index contributed by atoms with van der Waals surface area (Å²) in [6.07, 6.45) is 1.94. The van der Waals surface area contributed by atoms with Gasteiger partial charge in [0.25, 0.3) is 0 Å². The van der Waals surface area contributed by atoms with Gasteiger partial charge in [-0.2, -0.15) is 0 Å². The van der Waals surface area contributed by atoms with Crippen LogP contribution in [0.15, 0.2) is 41.5 Å². The molecule has 9 heteroatoms. The van der Waals surface area contributed by atoms with Gasteiger partial charge in [-0.3, -0.25) is 4.40 Å². The first-order valence-electron chi connectivity index (χ1n) is 9.46. The minimum atomic E-state index is 0.429. The van der Waals surface area contributed by atoms with Crippen molar-refractivity contribution in [3.05, 3.63) is 52.9 Å². The van der Waals surface area contributed by atoms with Gasteiger partial charge in [-0.25, -0.2) is 4.99 Å². The summed E-state index contributed by atoms with van der Waals surface area (Å²) in [5.41, 5.74) is 1.72. The summed E-state index contributed by atoms with van der Waals surface area (Å²) >= 11 is 6.35. The molecule has 2 heterocycles. The maximum atomic E-state index is 6.35. The van der Waals surface area contributed by atoms with Crippen LogP contribution in [0.3, 0.4) is 0 Å². The van der Waals surface area contributed by atoms with Gasteiger partial charge in [0.1, 0.15) is 0 Å². The first kappa shape index (κ1) is 20.7. The van der Waals surface area contributed by atoms with E-state index < -0.39 is 0 Å². The first-order chi connectivity index (χ1) is 14.2. The molecule has 0 fully saturated rings. The van der Waals surface area contributed by atoms with E-state index in [2.05, 4.69) is 25.8 Å². The fourth-order valence-corrected chi connectivity index (χ4v) is 3.12. The number of rotatable bonds is 8. The van der Waals surface area contributed by atoms with E-state index in [4.69, 9.17) is 21.1 Å². The normalized spacial score (nSPS) is 11.5. The number of fused-ring (bicyclic) bond motifs is 1. The van der Waals surface area contributed by atoms with Crippen molar-refractivity contribution in [2.45, 2.75) is 26.9 Å². The van der Waals surface area contributed by atoms with Crippen molar-refractivity contribution in [2.24, 2.45) is 4.99 Å². The molecule has 8 nitrogen and oxygen atoms in total. The molecule has 0 saturated heterocycles. The number of aromatic nitrogens is 3. The third-order valence-corrected chi connectivity index (χ3v) is 4.42. The van der Waals surface area contributed by atoms with E-state index in [-0.39, 0.29) is 0 Å². The molecule has 0 atom stereocenters. The van der Waals surface area contributed by atoms with E-state index in [1.54, 1.807) is 7.11 Å². The molecule has 2 N–H and O–H groups in total. The van der Waals surface area contributed by atoms with Crippen molar-refractivity contribution in [2.75, 3.05) is 20.3 Å². The molecule has 0 radical (unpaired) electrons. The highest BCUT2D eigenvalue weighted by atomic mass is 35.5. The van der Waals surface area contributed by atoms with E-state index in [0.717, 1.165) is 23.6 Å². The minimum absolute atomic E-state index is 0.429.